The molecule has 0 spiro atoms. The number of hydrogen-bond acceptors (Lipinski definition) is 9. The third-order valence-electron chi connectivity index (χ3n) is 12.2. The summed E-state index contributed by atoms with van der Waals surface area (Å²) in [6, 6.07) is 0. The van der Waals surface area contributed by atoms with Crippen LogP contribution >= 0.6 is 0 Å². The van der Waals surface area contributed by atoms with Crippen LogP contribution in [-0.2, 0) is 31.5 Å². The molecule has 0 saturated carbocycles. The Morgan fingerprint density at radius 1 is 0.281 bits per heavy atom. The van der Waals surface area contributed by atoms with Gasteiger partial charge < -0.3 is 45.0 Å². The molecule has 0 heterocycles. The number of rotatable bonds is 48. The Morgan fingerprint density at radius 3 is 0.578 bits per heavy atom. The Balaban J connectivity index is -0.000000419. The smallest absolute Gasteiger partial charge is 0.550 e. The van der Waals surface area contributed by atoms with Gasteiger partial charge >= 0.3 is 17.1 Å². The first-order valence-electron chi connectivity index (χ1n) is 27.1. The molecule has 0 aromatic heterocycles. The van der Waals surface area contributed by atoms with Crippen LogP contribution in [0.3, 0.4) is 0 Å². The van der Waals surface area contributed by atoms with E-state index in [4.69, 9.17) is 0 Å². The second-order valence-corrected chi connectivity index (χ2v) is 18.7. The molecular weight excluding hydrogens is 848 g/mol. The number of carbonyl (C=O) groups is 3. The number of aliphatic hydroxyl groups excluding tert-OH is 3. The largest absolute Gasteiger partial charge is 3.00 e. The molecule has 0 aliphatic heterocycles. The van der Waals surface area contributed by atoms with Gasteiger partial charge in [0.25, 0.3) is 0 Å². The van der Waals surface area contributed by atoms with Crippen molar-refractivity contribution in [1.29, 1.82) is 0 Å². The molecule has 10 heteroatoms. The minimum absolute atomic E-state index is 0. The SMILES string of the molecule is CCCCCCC(O)CCCCCCCCCCC(=O)[O-].CCCCCCC(O)CCCCCCCCCCC(=O)[O-].CCCCCCC(O)CCCCCCCCCCC(=O)[O-].[Fe+3]. The Labute approximate surface area is 406 Å². The predicted molar refractivity (Wildman–Crippen MR) is 258 cm³/mol. The predicted octanol–water partition coefficient (Wildman–Crippen LogP) is 11.9. The zero-order valence-electron chi connectivity index (χ0n) is 42.2. The molecule has 0 aromatic rings. The zero-order valence-corrected chi connectivity index (χ0v) is 43.3. The fourth-order valence-corrected chi connectivity index (χ4v) is 7.98. The Hall–Kier alpha value is -1.19. The van der Waals surface area contributed by atoms with Crippen LogP contribution in [0.25, 0.3) is 0 Å². The molecule has 3 N–H and O–H groups in total. The Kier molecular flexibility index (Phi) is 64.9. The van der Waals surface area contributed by atoms with Gasteiger partial charge in [0, 0.05) is 17.9 Å². The van der Waals surface area contributed by atoms with E-state index in [9.17, 15) is 45.0 Å². The maximum Gasteiger partial charge on any atom is 3.00 e. The van der Waals surface area contributed by atoms with Crippen LogP contribution in [0.2, 0.25) is 0 Å². The molecule has 9 nitrogen and oxygen atoms in total. The summed E-state index contributed by atoms with van der Waals surface area (Å²) in [5.41, 5.74) is 0. The van der Waals surface area contributed by atoms with Gasteiger partial charge in [-0.3, -0.25) is 0 Å². The monoisotopic (exact) mass is 954 g/mol. The number of carboxylic acid groups (broad SMARTS) is 3. The van der Waals surface area contributed by atoms with Gasteiger partial charge in [-0.05, 0) is 77.0 Å². The van der Waals surface area contributed by atoms with Crippen LogP contribution < -0.4 is 15.3 Å². The number of carboxylic acids is 3. The van der Waals surface area contributed by atoms with E-state index in [0.717, 1.165) is 116 Å². The molecule has 0 amide bonds. The van der Waals surface area contributed by atoms with Crippen LogP contribution in [0.4, 0.5) is 0 Å². The molecule has 64 heavy (non-hydrogen) atoms. The second kappa shape index (κ2) is 59.8. The molecule has 0 rings (SSSR count). The number of aliphatic hydroxyl groups is 3. The fourth-order valence-electron chi connectivity index (χ4n) is 7.98. The van der Waals surface area contributed by atoms with Crippen molar-refractivity contribution < 1.29 is 62.1 Å². The van der Waals surface area contributed by atoms with Gasteiger partial charge in [0.15, 0.2) is 0 Å². The van der Waals surface area contributed by atoms with Crippen molar-refractivity contribution in [3.8, 4) is 0 Å². The molecule has 0 aromatic carbocycles. The Morgan fingerprint density at radius 2 is 0.422 bits per heavy atom. The topological polar surface area (TPSA) is 181 Å². The van der Waals surface area contributed by atoms with E-state index in [2.05, 4.69) is 20.8 Å². The first-order chi connectivity index (χ1) is 30.5. The molecule has 0 fully saturated rings. The number of carbonyl (C=O) groups excluding carboxylic acids is 3. The average molecular weight is 954 g/mol. The Bertz CT molecular complexity index is 807. The van der Waals surface area contributed by atoms with Crippen molar-refractivity contribution in [1.82, 2.24) is 0 Å². The van der Waals surface area contributed by atoms with Crippen molar-refractivity contribution in [3.63, 3.8) is 0 Å². The van der Waals surface area contributed by atoms with Crippen LogP contribution in [-0.4, -0.2) is 51.5 Å². The summed E-state index contributed by atoms with van der Waals surface area (Å²) in [4.78, 5) is 30.7. The van der Waals surface area contributed by atoms with Crippen molar-refractivity contribution >= 4 is 17.9 Å². The van der Waals surface area contributed by atoms with E-state index in [1.165, 1.54) is 154 Å². The van der Waals surface area contributed by atoms with Gasteiger partial charge in [0.2, 0.25) is 0 Å². The first-order valence-corrected chi connectivity index (χ1v) is 27.1. The molecule has 0 aliphatic carbocycles. The standard InChI is InChI=1S/3C18H36O3.Fe/c3*1-2-3-4-11-14-17(19)15-12-9-7-5-6-8-10-13-16-18(20)21;/h3*17,19H,2-16H2,1H3,(H,20,21);/q;;;+3/p-3. The third kappa shape index (κ3) is 69.8. The summed E-state index contributed by atoms with van der Waals surface area (Å²) in [5, 5.41) is 60.2. The summed E-state index contributed by atoms with van der Waals surface area (Å²) in [7, 11) is 0. The number of unbranched alkanes of at least 4 members (excludes halogenated alkanes) is 30. The zero-order chi connectivity index (χ0) is 47.3. The van der Waals surface area contributed by atoms with E-state index in [1.54, 1.807) is 0 Å². The summed E-state index contributed by atoms with van der Waals surface area (Å²) in [6.07, 6.45) is 47.8. The molecular formula is C54H105FeO9. The van der Waals surface area contributed by atoms with Crippen molar-refractivity contribution in [2.45, 2.75) is 328 Å². The minimum atomic E-state index is -0.928. The van der Waals surface area contributed by atoms with Crippen LogP contribution in [0.5, 0.6) is 0 Å². The van der Waals surface area contributed by atoms with Gasteiger partial charge in [-0.25, -0.2) is 0 Å². The van der Waals surface area contributed by atoms with E-state index >= 15 is 0 Å². The maximum atomic E-state index is 10.2. The van der Waals surface area contributed by atoms with E-state index in [1.807, 2.05) is 0 Å². The summed E-state index contributed by atoms with van der Waals surface area (Å²) < 4.78 is 0. The van der Waals surface area contributed by atoms with Gasteiger partial charge in [-0.15, -0.1) is 0 Å². The summed E-state index contributed by atoms with van der Waals surface area (Å²) >= 11 is 0. The number of aliphatic carboxylic acids is 3. The molecule has 0 saturated heterocycles. The molecule has 3 unspecified atom stereocenters. The molecule has 1 radical (unpaired) electrons. The van der Waals surface area contributed by atoms with Gasteiger partial charge in [-0.1, -0.05) is 233 Å². The molecule has 0 aliphatic rings. The van der Waals surface area contributed by atoms with E-state index in [-0.39, 0.29) is 54.6 Å². The van der Waals surface area contributed by atoms with Crippen molar-refractivity contribution in [3.05, 3.63) is 0 Å². The molecule has 3 atom stereocenters. The summed E-state index contributed by atoms with van der Waals surface area (Å²) in [6.45, 7) is 6.62. The summed E-state index contributed by atoms with van der Waals surface area (Å²) in [5.74, 6) is -2.78. The van der Waals surface area contributed by atoms with Gasteiger partial charge in [0.1, 0.15) is 0 Å². The third-order valence-corrected chi connectivity index (χ3v) is 12.2. The minimum Gasteiger partial charge on any atom is -0.550 e. The first kappa shape index (κ1) is 69.4. The quantitative estimate of drug-likeness (QED) is 0.0395. The average Bonchev–Trinajstić information content (AvgIpc) is 3.24. The van der Waals surface area contributed by atoms with Crippen molar-refractivity contribution in [2.24, 2.45) is 0 Å². The van der Waals surface area contributed by atoms with Crippen molar-refractivity contribution in [2.75, 3.05) is 0 Å². The second-order valence-electron chi connectivity index (χ2n) is 18.7. The van der Waals surface area contributed by atoms with E-state index < -0.39 is 17.9 Å². The molecule has 383 valence electrons. The maximum absolute atomic E-state index is 10.2. The van der Waals surface area contributed by atoms with Crippen LogP contribution in [0.15, 0.2) is 0 Å². The number of hydrogen-bond donors (Lipinski definition) is 3. The van der Waals surface area contributed by atoms with E-state index in [0.29, 0.717) is 0 Å². The van der Waals surface area contributed by atoms with Gasteiger partial charge in [0.05, 0.1) is 18.3 Å². The van der Waals surface area contributed by atoms with Gasteiger partial charge in [-0.2, -0.15) is 0 Å². The fraction of sp³-hybridized carbons (Fsp3) is 0.944. The van der Waals surface area contributed by atoms with Crippen LogP contribution in [0.1, 0.15) is 310 Å². The molecule has 0 bridgehead atoms. The van der Waals surface area contributed by atoms with Crippen LogP contribution in [0, 0.1) is 0 Å². The normalized spacial score (nSPS) is 12.3.